The van der Waals surface area contributed by atoms with Crippen LogP contribution < -0.4 is 5.32 Å². The first-order valence-corrected chi connectivity index (χ1v) is 6.29. The van der Waals surface area contributed by atoms with Gasteiger partial charge in [0.15, 0.2) is 0 Å². The molecule has 0 fully saturated rings. The molecule has 0 spiro atoms. The molecule has 0 saturated heterocycles. The van der Waals surface area contributed by atoms with Gasteiger partial charge in [-0.25, -0.2) is 0 Å². The Morgan fingerprint density at radius 1 is 1.19 bits per heavy atom. The first kappa shape index (κ1) is 13.2. The van der Waals surface area contributed by atoms with Gasteiger partial charge in [-0.05, 0) is 43.4 Å². The molecule has 0 aromatic carbocycles. The van der Waals surface area contributed by atoms with Gasteiger partial charge in [0.1, 0.15) is 0 Å². The monoisotopic (exact) mass is 220 g/mol. The summed E-state index contributed by atoms with van der Waals surface area (Å²) in [5.41, 5.74) is 1.34. The molecule has 16 heavy (non-hydrogen) atoms. The van der Waals surface area contributed by atoms with Crippen LogP contribution in [0.5, 0.6) is 0 Å². The molecule has 1 aromatic rings. The summed E-state index contributed by atoms with van der Waals surface area (Å²) in [5, 5.41) is 3.69. The van der Waals surface area contributed by atoms with Crippen molar-refractivity contribution in [1.82, 2.24) is 10.3 Å². The van der Waals surface area contributed by atoms with Crippen molar-refractivity contribution in [2.45, 2.75) is 52.6 Å². The van der Waals surface area contributed by atoms with Crippen molar-refractivity contribution >= 4 is 0 Å². The normalized spacial score (nSPS) is 15.1. The van der Waals surface area contributed by atoms with Gasteiger partial charge in [-0.15, -0.1) is 0 Å². The lowest BCUT2D eigenvalue weighted by Crippen LogP contribution is -2.31. The van der Waals surface area contributed by atoms with Gasteiger partial charge in [-0.2, -0.15) is 0 Å². The number of aromatic nitrogens is 1. The first-order chi connectivity index (χ1) is 7.63. The van der Waals surface area contributed by atoms with Crippen LogP contribution in [0.4, 0.5) is 0 Å². The predicted molar refractivity (Wildman–Crippen MR) is 69.3 cm³/mol. The van der Waals surface area contributed by atoms with Crippen molar-refractivity contribution in [2.24, 2.45) is 5.92 Å². The Bertz CT molecular complexity index is 282. The Morgan fingerprint density at radius 2 is 1.81 bits per heavy atom. The van der Waals surface area contributed by atoms with E-state index in [0.717, 1.165) is 12.3 Å². The van der Waals surface area contributed by atoms with Gasteiger partial charge in [0.2, 0.25) is 0 Å². The summed E-state index contributed by atoms with van der Waals surface area (Å²) >= 11 is 0. The second kappa shape index (κ2) is 6.64. The molecule has 0 amide bonds. The van der Waals surface area contributed by atoms with Gasteiger partial charge in [-0.3, -0.25) is 4.98 Å². The van der Waals surface area contributed by atoms with Gasteiger partial charge >= 0.3 is 0 Å². The third-order valence-electron chi connectivity index (χ3n) is 2.83. The van der Waals surface area contributed by atoms with E-state index >= 15 is 0 Å². The van der Waals surface area contributed by atoms with E-state index in [9.17, 15) is 0 Å². The number of nitrogens with one attached hydrogen (secondary N) is 1. The summed E-state index contributed by atoms with van der Waals surface area (Å²) in [6, 6.07) is 5.22. The average molecular weight is 220 g/mol. The van der Waals surface area contributed by atoms with E-state index < -0.39 is 0 Å². The molecule has 1 aromatic heterocycles. The van der Waals surface area contributed by atoms with Crippen molar-refractivity contribution in [3.8, 4) is 0 Å². The van der Waals surface area contributed by atoms with Gasteiger partial charge in [0.25, 0.3) is 0 Å². The molecule has 2 heteroatoms. The number of pyridine rings is 1. The molecule has 1 heterocycles. The third kappa shape index (κ3) is 4.31. The summed E-state index contributed by atoms with van der Waals surface area (Å²) in [7, 11) is 0. The summed E-state index contributed by atoms with van der Waals surface area (Å²) in [5.74, 6) is 0.748. The van der Waals surface area contributed by atoms with E-state index in [0.29, 0.717) is 12.1 Å². The topological polar surface area (TPSA) is 24.9 Å². The largest absolute Gasteiger partial charge is 0.307 e. The number of rotatable bonds is 6. The van der Waals surface area contributed by atoms with Crippen LogP contribution >= 0.6 is 0 Å². The molecule has 90 valence electrons. The summed E-state index contributed by atoms with van der Waals surface area (Å²) in [6.45, 7) is 9.03. The zero-order valence-corrected chi connectivity index (χ0v) is 10.9. The Kier molecular flexibility index (Phi) is 5.47. The highest BCUT2D eigenvalue weighted by atomic mass is 14.9. The highest BCUT2D eigenvalue weighted by Gasteiger charge is 2.12. The second-order valence-electron chi connectivity index (χ2n) is 4.94. The minimum atomic E-state index is 0.455. The summed E-state index contributed by atoms with van der Waals surface area (Å²) < 4.78 is 0. The molecule has 1 N–H and O–H groups in total. The van der Waals surface area contributed by atoms with E-state index in [2.05, 4.69) is 50.1 Å². The summed E-state index contributed by atoms with van der Waals surface area (Å²) in [6.07, 6.45) is 6.08. The minimum Gasteiger partial charge on any atom is -0.307 e. The fraction of sp³-hybridized carbons (Fsp3) is 0.643. The maximum Gasteiger partial charge on any atom is 0.0321 e. The quantitative estimate of drug-likeness (QED) is 0.793. The molecule has 0 aliphatic heterocycles. The van der Waals surface area contributed by atoms with Gasteiger partial charge < -0.3 is 5.32 Å². The smallest absolute Gasteiger partial charge is 0.0321 e. The SMILES string of the molecule is CCC(NC(C)CC(C)C)c1ccncc1. The van der Waals surface area contributed by atoms with E-state index in [1.807, 2.05) is 12.4 Å². The van der Waals surface area contributed by atoms with Crippen molar-refractivity contribution < 1.29 is 0 Å². The van der Waals surface area contributed by atoms with Crippen LogP contribution in [-0.4, -0.2) is 11.0 Å². The predicted octanol–water partition coefficient (Wildman–Crippen LogP) is 3.56. The maximum atomic E-state index is 4.06. The minimum absolute atomic E-state index is 0.455. The summed E-state index contributed by atoms with van der Waals surface area (Å²) in [4.78, 5) is 4.06. The molecule has 2 unspecified atom stereocenters. The molecule has 2 nitrogen and oxygen atoms in total. The molecule has 0 radical (unpaired) electrons. The molecule has 1 rings (SSSR count). The van der Waals surface area contributed by atoms with Crippen molar-refractivity contribution in [3.63, 3.8) is 0 Å². The van der Waals surface area contributed by atoms with Crippen LogP contribution in [0, 0.1) is 5.92 Å². The van der Waals surface area contributed by atoms with Crippen molar-refractivity contribution in [1.29, 1.82) is 0 Å². The number of hydrogen-bond donors (Lipinski definition) is 1. The third-order valence-corrected chi connectivity index (χ3v) is 2.83. The maximum absolute atomic E-state index is 4.06. The molecule has 0 bridgehead atoms. The van der Waals surface area contributed by atoms with Crippen molar-refractivity contribution in [2.75, 3.05) is 0 Å². The zero-order chi connectivity index (χ0) is 12.0. The first-order valence-electron chi connectivity index (χ1n) is 6.29. The van der Waals surface area contributed by atoms with E-state index in [4.69, 9.17) is 0 Å². The molecule has 0 aliphatic rings. The second-order valence-corrected chi connectivity index (χ2v) is 4.94. The van der Waals surface area contributed by atoms with E-state index in [1.54, 1.807) is 0 Å². The van der Waals surface area contributed by atoms with Crippen LogP contribution in [0.2, 0.25) is 0 Å². The van der Waals surface area contributed by atoms with Crippen LogP contribution in [0.1, 0.15) is 52.1 Å². The van der Waals surface area contributed by atoms with E-state index in [1.165, 1.54) is 12.0 Å². The number of hydrogen-bond acceptors (Lipinski definition) is 2. The van der Waals surface area contributed by atoms with Gasteiger partial charge in [0.05, 0.1) is 0 Å². The van der Waals surface area contributed by atoms with Crippen LogP contribution in [0.25, 0.3) is 0 Å². The number of nitrogens with zero attached hydrogens (tertiary/aromatic N) is 1. The molecule has 0 saturated carbocycles. The average Bonchev–Trinajstić information content (AvgIpc) is 2.26. The van der Waals surface area contributed by atoms with Gasteiger partial charge in [0, 0.05) is 24.5 Å². The zero-order valence-electron chi connectivity index (χ0n) is 10.9. The highest BCUT2D eigenvalue weighted by molar-refractivity contribution is 5.14. The van der Waals surface area contributed by atoms with Crippen LogP contribution in [-0.2, 0) is 0 Å². The Hall–Kier alpha value is -0.890. The fourth-order valence-corrected chi connectivity index (χ4v) is 2.16. The lowest BCUT2D eigenvalue weighted by Gasteiger charge is -2.23. The standard InChI is InChI=1S/C14H24N2/c1-5-14(13-6-8-15-9-7-13)16-12(4)10-11(2)3/h6-9,11-12,14,16H,5,10H2,1-4H3. The van der Waals surface area contributed by atoms with Gasteiger partial charge in [-0.1, -0.05) is 20.8 Å². The lowest BCUT2D eigenvalue weighted by atomic mass is 10.0. The fourth-order valence-electron chi connectivity index (χ4n) is 2.16. The van der Waals surface area contributed by atoms with Crippen molar-refractivity contribution in [3.05, 3.63) is 30.1 Å². The van der Waals surface area contributed by atoms with Crippen LogP contribution in [0.15, 0.2) is 24.5 Å². The molecular weight excluding hydrogens is 196 g/mol. The Morgan fingerprint density at radius 3 is 2.31 bits per heavy atom. The molecular formula is C14H24N2. The Balaban J connectivity index is 2.56. The molecule has 2 atom stereocenters. The Labute approximate surface area is 99.5 Å². The van der Waals surface area contributed by atoms with E-state index in [-0.39, 0.29) is 0 Å². The lowest BCUT2D eigenvalue weighted by molar-refractivity contribution is 0.388. The van der Waals surface area contributed by atoms with Crippen LogP contribution in [0.3, 0.4) is 0 Å². The molecule has 0 aliphatic carbocycles. The highest BCUT2D eigenvalue weighted by Crippen LogP contribution is 2.17.